The van der Waals surface area contributed by atoms with Crippen molar-refractivity contribution in [1.29, 1.82) is 0 Å². The van der Waals surface area contributed by atoms with E-state index in [0.29, 0.717) is 0 Å². The van der Waals surface area contributed by atoms with E-state index < -0.39 is 0 Å². The van der Waals surface area contributed by atoms with Crippen LogP contribution in [-0.2, 0) is 28.1 Å². The van der Waals surface area contributed by atoms with Gasteiger partial charge in [-0.2, -0.15) is 69.1 Å². The molecule has 0 radical (unpaired) electrons. The third kappa shape index (κ3) is 13.8. The van der Waals surface area contributed by atoms with Crippen LogP contribution in [0.3, 0.4) is 0 Å². The first-order chi connectivity index (χ1) is 13.7. The number of fused-ring (bicyclic) bond motifs is 3. The summed E-state index contributed by atoms with van der Waals surface area (Å²) in [6, 6.07) is 18.1. The van der Waals surface area contributed by atoms with Gasteiger partial charge in [0.25, 0.3) is 0 Å². The Bertz CT molecular complexity index is 538. The first-order valence-electron chi connectivity index (χ1n) is 10.7. The van der Waals surface area contributed by atoms with Crippen LogP contribution in [0.1, 0.15) is 52.7 Å². The fourth-order valence-corrected chi connectivity index (χ4v) is 2.67. The van der Waals surface area contributed by atoms with Gasteiger partial charge in [0.1, 0.15) is 0 Å². The molecule has 0 fully saturated rings. The SMILES string of the molecule is CC[N-]CC.CC[N-]CC.CC[N-]CC.[Ti+4].[c-]1cccc2c1Cc1ccccc1-2. The van der Waals surface area contributed by atoms with Crippen molar-refractivity contribution >= 4 is 0 Å². The zero-order chi connectivity index (χ0) is 21.0. The molecule has 0 atom stereocenters. The number of hydrogen-bond donors (Lipinski definition) is 0. The summed E-state index contributed by atoms with van der Waals surface area (Å²) in [5, 5.41) is 11.9. The summed E-state index contributed by atoms with van der Waals surface area (Å²) in [6.07, 6.45) is 1.05. The van der Waals surface area contributed by atoms with Crippen LogP contribution in [-0.4, -0.2) is 39.3 Å². The van der Waals surface area contributed by atoms with Crippen molar-refractivity contribution < 1.29 is 21.7 Å². The van der Waals surface area contributed by atoms with Crippen LogP contribution < -0.4 is 0 Å². The molecular weight excluding hydrogens is 390 g/mol. The van der Waals surface area contributed by atoms with Crippen LogP contribution in [0.5, 0.6) is 0 Å². The van der Waals surface area contributed by atoms with E-state index in [2.05, 4.69) is 58.4 Å². The average Bonchev–Trinajstić information content (AvgIpc) is 3.10. The van der Waals surface area contributed by atoms with Crippen molar-refractivity contribution in [1.82, 2.24) is 0 Å². The van der Waals surface area contributed by atoms with E-state index in [1.807, 2.05) is 47.6 Å². The van der Waals surface area contributed by atoms with Gasteiger partial charge in [0, 0.05) is 0 Å². The Balaban J connectivity index is 0. The van der Waals surface area contributed by atoms with E-state index >= 15 is 0 Å². The maximum absolute atomic E-state index is 3.97. The van der Waals surface area contributed by atoms with Crippen LogP contribution in [0.25, 0.3) is 27.1 Å². The largest absolute Gasteiger partial charge is 4.00 e. The minimum absolute atomic E-state index is 0. The third-order valence-electron chi connectivity index (χ3n) is 3.96. The molecule has 0 aliphatic heterocycles. The molecule has 3 nitrogen and oxygen atoms in total. The van der Waals surface area contributed by atoms with Gasteiger partial charge in [-0.3, -0.25) is 0 Å². The molecule has 3 rings (SSSR count). The van der Waals surface area contributed by atoms with Crippen LogP contribution >= 0.6 is 0 Å². The van der Waals surface area contributed by atoms with Crippen molar-refractivity contribution in [2.24, 2.45) is 0 Å². The second-order valence-electron chi connectivity index (χ2n) is 5.96. The second kappa shape index (κ2) is 21.7. The first-order valence-corrected chi connectivity index (χ1v) is 10.7. The van der Waals surface area contributed by atoms with Crippen molar-refractivity contribution in [2.45, 2.75) is 48.0 Å². The molecule has 0 saturated carbocycles. The summed E-state index contributed by atoms with van der Waals surface area (Å²) in [7, 11) is 0. The van der Waals surface area contributed by atoms with Crippen molar-refractivity contribution in [2.75, 3.05) is 39.3 Å². The molecule has 2 aromatic carbocycles. The van der Waals surface area contributed by atoms with E-state index in [0.717, 1.165) is 45.7 Å². The molecule has 158 valence electrons. The molecule has 1 aliphatic carbocycles. The molecule has 29 heavy (non-hydrogen) atoms. The quantitative estimate of drug-likeness (QED) is 0.292. The van der Waals surface area contributed by atoms with Gasteiger partial charge in [-0.05, 0) is 6.42 Å². The summed E-state index contributed by atoms with van der Waals surface area (Å²) in [5.74, 6) is 0. The normalized spacial score (nSPS) is 9.86. The van der Waals surface area contributed by atoms with Gasteiger partial charge in [-0.15, -0.1) is 5.56 Å². The van der Waals surface area contributed by atoms with Crippen molar-refractivity contribution in [3.05, 3.63) is 75.6 Å². The second-order valence-corrected chi connectivity index (χ2v) is 5.96. The predicted molar refractivity (Wildman–Crippen MR) is 127 cm³/mol. The molecule has 2 aromatic rings. The molecule has 0 bridgehead atoms. The van der Waals surface area contributed by atoms with E-state index in [1.54, 1.807) is 0 Å². The zero-order valence-corrected chi connectivity index (χ0v) is 20.9. The first kappa shape index (κ1) is 30.2. The monoisotopic (exact) mass is 429 g/mol. The van der Waals surface area contributed by atoms with Gasteiger partial charge in [-0.25, -0.2) is 0 Å². The van der Waals surface area contributed by atoms with Gasteiger partial charge in [0.15, 0.2) is 0 Å². The Labute approximate surface area is 195 Å². The Kier molecular flexibility index (Phi) is 22.7. The Hall–Kier alpha value is -0.966. The molecule has 0 unspecified atom stereocenters. The van der Waals surface area contributed by atoms with Gasteiger partial charge in [0.2, 0.25) is 0 Å². The third-order valence-corrected chi connectivity index (χ3v) is 3.96. The minimum Gasteiger partial charge on any atom is -0.663 e. The summed E-state index contributed by atoms with van der Waals surface area (Å²) in [4.78, 5) is 0. The smallest absolute Gasteiger partial charge is 0.663 e. The molecule has 0 aromatic heterocycles. The van der Waals surface area contributed by atoms with Crippen LogP contribution in [0.15, 0.2) is 42.5 Å². The molecule has 0 heterocycles. The van der Waals surface area contributed by atoms with E-state index in [-0.39, 0.29) is 21.7 Å². The fourth-order valence-electron chi connectivity index (χ4n) is 2.67. The van der Waals surface area contributed by atoms with Crippen LogP contribution in [0.2, 0.25) is 0 Å². The molecule has 0 spiro atoms. The van der Waals surface area contributed by atoms with Gasteiger partial charge in [-0.1, -0.05) is 76.9 Å². The predicted octanol–water partition coefficient (Wildman–Crippen LogP) is 7.26. The summed E-state index contributed by atoms with van der Waals surface area (Å²) in [5.41, 5.74) is 5.51. The Morgan fingerprint density at radius 1 is 0.655 bits per heavy atom. The van der Waals surface area contributed by atoms with E-state index in [1.165, 1.54) is 22.3 Å². The van der Waals surface area contributed by atoms with Gasteiger partial charge in [0.05, 0.1) is 0 Å². The summed E-state index contributed by atoms with van der Waals surface area (Å²) < 4.78 is 0. The topological polar surface area (TPSA) is 42.3 Å². The number of rotatable bonds is 6. The minimum atomic E-state index is 0. The Morgan fingerprint density at radius 3 is 1.55 bits per heavy atom. The molecule has 4 heteroatoms. The van der Waals surface area contributed by atoms with E-state index in [4.69, 9.17) is 0 Å². The van der Waals surface area contributed by atoms with E-state index in [9.17, 15) is 0 Å². The Morgan fingerprint density at radius 2 is 1.10 bits per heavy atom. The van der Waals surface area contributed by atoms with Crippen molar-refractivity contribution in [3.8, 4) is 11.1 Å². The summed E-state index contributed by atoms with van der Waals surface area (Å²) in [6.45, 7) is 18.1. The number of nitrogens with zero attached hydrogens (tertiary/aromatic N) is 3. The fraction of sp³-hybridized carbons (Fsp3) is 0.520. The maximum atomic E-state index is 3.97. The average molecular weight is 429 g/mol. The molecule has 0 amide bonds. The van der Waals surface area contributed by atoms with Gasteiger partial charge >= 0.3 is 21.7 Å². The number of hydrogen-bond acceptors (Lipinski definition) is 0. The molecular formula is C25H39N3Ti. The van der Waals surface area contributed by atoms with Crippen LogP contribution in [0.4, 0.5) is 0 Å². The molecule has 1 aliphatic rings. The number of benzene rings is 2. The molecule has 0 saturated heterocycles. The van der Waals surface area contributed by atoms with Gasteiger partial charge < -0.3 is 16.0 Å². The van der Waals surface area contributed by atoms with Crippen molar-refractivity contribution in [3.63, 3.8) is 0 Å². The zero-order valence-electron chi connectivity index (χ0n) is 19.3. The maximum Gasteiger partial charge on any atom is 4.00 e. The standard InChI is InChI=1S/C13H9.3C4H10N.Ti/c1-3-7-12-10(5-1)9-11-6-2-4-8-13(11)12;3*1-3-5-4-2;/h1-5,7-8H,9H2;3*3-4H2,1-2H3;/q4*-1;+4. The molecule has 0 N–H and O–H groups in total. The summed E-state index contributed by atoms with van der Waals surface area (Å²) >= 11 is 0. The van der Waals surface area contributed by atoms with Crippen LogP contribution in [0, 0.1) is 6.07 Å².